The van der Waals surface area contributed by atoms with Gasteiger partial charge in [0.1, 0.15) is 0 Å². The normalized spacial score (nSPS) is 27.4. The number of ether oxygens (including phenoxy) is 2. The van der Waals surface area contributed by atoms with Gasteiger partial charge in [0.15, 0.2) is 5.79 Å². The molecule has 0 aromatic carbocycles. The van der Waals surface area contributed by atoms with E-state index in [0.717, 1.165) is 0 Å². The van der Waals surface area contributed by atoms with Crippen LogP contribution < -0.4 is 0 Å². The first-order valence-electron chi connectivity index (χ1n) is 6.97. The molecule has 1 unspecified atom stereocenters. The van der Waals surface area contributed by atoms with E-state index >= 15 is 0 Å². The van der Waals surface area contributed by atoms with Crippen molar-refractivity contribution in [2.24, 2.45) is 0 Å². The van der Waals surface area contributed by atoms with Gasteiger partial charge in [-0.3, -0.25) is 18.0 Å². The Hall–Kier alpha value is -1.38. The number of hydrogen-bond donors (Lipinski definition) is 1. The van der Waals surface area contributed by atoms with E-state index in [0.29, 0.717) is 0 Å². The molecular formula is C12H16O11S2. The Kier molecular flexibility index (Phi) is 5.37. The first-order chi connectivity index (χ1) is 11.4. The summed E-state index contributed by atoms with van der Waals surface area (Å²) >= 11 is 0. The summed E-state index contributed by atoms with van der Waals surface area (Å²) in [6.45, 7) is 1.88. The minimum atomic E-state index is -5.00. The highest BCUT2D eigenvalue weighted by Gasteiger charge is 2.43. The van der Waals surface area contributed by atoms with Gasteiger partial charge >= 0.3 is 20.2 Å². The van der Waals surface area contributed by atoms with Crippen LogP contribution in [0.4, 0.5) is 0 Å². The lowest BCUT2D eigenvalue weighted by Crippen LogP contribution is -2.28. The third-order valence-corrected chi connectivity index (χ3v) is 6.63. The Labute approximate surface area is 143 Å². The number of carbonyl (C=O) groups is 2. The van der Waals surface area contributed by atoms with Gasteiger partial charge in [-0.05, 0) is 13.8 Å². The third kappa shape index (κ3) is 4.43. The van der Waals surface area contributed by atoms with E-state index in [1.807, 2.05) is 0 Å². The molecule has 1 N–H and O–H groups in total. The molecule has 11 nitrogen and oxygen atoms in total. The highest BCUT2D eigenvalue weighted by atomic mass is 32.3. The molecule has 0 aromatic rings. The average molecular weight is 400 g/mol. The minimum Gasteiger partial charge on any atom is -0.503 e. The zero-order valence-corrected chi connectivity index (χ0v) is 14.9. The van der Waals surface area contributed by atoms with Gasteiger partial charge in [0, 0.05) is 6.42 Å². The SMILES string of the molecule is CC1(C)OCC(CC(=O)C(=O)C(O)=C2S(=O)(=O)OCCOS2(=O)=O)O1. The summed E-state index contributed by atoms with van der Waals surface area (Å²) in [5.74, 6) is -5.73. The molecule has 0 aromatic heterocycles. The number of hydrogen-bond acceptors (Lipinski definition) is 11. The summed E-state index contributed by atoms with van der Waals surface area (Å²) in [6.07, 6.45) is -1.35. The van der Waals surface area contributed by atoms with Crippen LogP contribution in [-0.2, 0) is 47.7 Å². The minimum absolute atomic E-state index is 0.00777. The van der Waals surface area contributed by atoms with Crippen molar-refractivity contribution in [3.8, 4) is 0 Å². The van der Waals surface area contributed by atoms with Gasteiger partial charge in [-0.15, -0.1) is 0 Å². The number of ketones is 2. The van der Waals surface area contributed by atoms with Crippen molar-refractivity contribution < 1.29 is 49.4 Å². The zero-order chi connectivity index (χ0) is 19.0. The summed E-state index contributed by atoms with van der Waals surface area (Å²) in [7, 11) is -10.0. The van der Waals surface area contributed by atoms with Crippen LogP contribution in [0.3, 0.4) is 0 Å². The summed E-state index contributed by atoms with van der Waals surface area (Å²) in [4.78, 5) is 23.9. The van der Waals surface area contributed by atoms with Crippen LogP contribution >= 0.6 is 0 Å². The highest BCUT2D eigenvalue weighted by Crippen LogP contribution is 2.27. The molecule has 13 heteroatoms. The van der Waals surface area contributed by atoms with Crippen molar-refractivity contribution in [1.29, 1.82) is 0 Å². The maximum Gasteiger partial charge on any atom is 0.314 e. The Morgan fingerprint density at radius 3 is 2.08 bits per heavy atom. The van der Waals surface area contributed by atoms with Gasteiger partial charge in [0.2, 0.25) is 11.5 Å². The van der Waals surface area contributed by atoms with Crippen LogP contribution in [0.1, 0.15) is 20.3 Å². The van der Waals surface area contributed by atoms with Crippen LogP contribution in [0.2, 0.25) is 0 Å². The molecule has 2 rings (SSSR count). The van der Waals surface area contributed by atoms with E-state index in [9.17, 15) is 31.5 Å². The Morgan fingerprint density at radius 2 is 1.64 bits per heavy atom. The first-order valence-corrected chi connectivity index (χ1v) is 9.79. The van der Waals surface area contributed by atoms with Crippen LogP contribution in [0.15, 0.2) is 10.00 Å². The van der Waals surface area contributed by atoms with Crippen molar-refractivity contribution in [3.63, 3.8) is 0 Å². The van der Waals surface area contributed by atoms with Gasteiger partial charge in [-0.1, -0.05) is 0 Å². The van der Waals surface area contributed by atoms with Crippen molar-refractivity contribution in [2.75, 3.05) is 19.8 Å². The van der Waals surface area contributed by atoms with E-state index in [-0.39, 0.29) is 6.61 Å². The van der Waals surface area contributed by atoms with E-state index < -0.39 is 73.3 Å². The second-order valence-corrected chi connectivity index (χ2v) is 8.96. The molecule has 0 amide bonds. The quantitative estimate of drug-likeness (QED) is 0.269. The number of aliphatic hydroxyl groups is 1. The zero-order valence-electron chi connectivity index (χ0n) is 13.3. The topological polar surface area (TPSA) is 160 Å². The number of allylic oxidation sites excluding steroid dienone is 1. The molecule has 1 atom stereocenters. The molecular weight excluding hydrogens is 384 g/mol. The summed E-state index contributed by atoms with van der Waals surface area (Å²) in [6, 6.07) is 0. The molecule has 2 heterocycles. The fourth-order valence-corrected chi connectivity index (χ4v) is 4.88. The van der Waals surface area contributed by atoms with Gasteiger partial charge in [-0.2, -0.15) is 16.8 Å². The molecule has 2 aliphatic rings. The van der Waals surface area contributed by atoms with Crippen LogP contribution in [0.25, 0.3) is 0 Å². The fraction of sp³-hybridized carbons (Fsp3) is 0.667. The van der Waals surface area contributed by atoms with Crippen molar-refractivity contribution in [3.05, 3.63) is 10.00 Å². The first kappa shape index (κ1) is 19.9. The van der Waals surface area contributed by atoms with E-state index in [1.165, 1.54) is 0 Å². The van der Waals surface area contributed by atoms with Crippen LogP contribution in [-0.4, -0.2) is 65.2 Å². The smallest absolute Gasteiger partial charge is 0.314 e. The van der Waals surface area contributed by atoms with E-state index in [2.05, 4.69) is 8.37 Å². The molecule has 2 saturated heterocycles. The molecule has 0 spiro atoms. The number of aliphatic hydroxyl groups excluding tert-OH is 1. The fourth-order valence-electron chi connectivity index (χ4n) is 2.14. The predicted octanol–water partition coefficient (Wildman–Crippen LogP) is -0.900. The lowest BCUT2D eigenvalue weighted by atomic mass is 10.1. The van der Waals surface area contributed by atoms with Crippen molar-refractivity contribution in [2.45, 2.75) is 32.2 Å². The molecule has 0 radical (unpaired) electrons. The van der Waals surface area contributed by atoms with Gasteiger partial charge in [0.25, 0.3) is 10.0 Å². The molecule has 2 aliphatic heterocycles. The Balaban J connectivity index is 2.30. The Bertz CT molecular complexity index is 781. The monoisotopic (exact) mass is 400 g/mol. The second kappa shape index (κ2) is 6.74. The second-order valence-electron chi connectivity index (χ2n) is 5.60. The molecule has 142 valence electrons. The predicted molar refractivity (Wildman–Crippen MR) is 78.9 cm³/mol. The van der Waals surface area contributed by atoms with Crippen molar-refractivity contribution >= 4 is 31.8 Å². The maximum atomic E-state index is 12.0. The molecule has 0 saturated carbocycles. The number of Topliss-reactive ketones (excluding diaryl/α,β-unsaturated/α-hetero) is 2. The lowest BCUT2D eigenvalue weighted by Gasteiger charge is -2.16. The Morgan fingerprint density at radius 1 is 1.12 bits per heavy atom. The molecule has 0 bridgehead atoms. The summed E-state index contributed by atoms with van der Waals surface area (Å²) in [5, 5.41) is 9.80. The van der Waals surface area contributed by atoms with E-state index in [4.69, 9.17) is 9.47 Å². The summed E-state index contributed by atoms with van der Waals surface area (Å²) < 4.78 is 64.5. The largest absolute Gasteiger partial charge is 0.503 e. The van der Waals surface area contributed by atoms with E-state index in [1.54, 1.807) is 13.8 Å². The van der Waals surface area contributed by atoms with Gasteiger partial charge in [-0.25, -0.2) is 0 Å². The number of rotatable bonds is 4. The van der Waals surface area contributed by atoms with Crippen molar-refractivity contribution in [1.82, 2.24) is 0 Å². The van der Waals surface area contributed by atoms with Crippen LogP contribution in [0, 0.1) is 0 Å². The molecule has 2 fully saturated rings. The lowest BCUT2D eigenvalue weighted by molar-refractivity contribution is -0.146. The third-order valence-electron chi connectivity index (χ3n) is 3.16. The van der Waals surface area contributed by atoms with Gasteiger partial charge < -0.3 is 14.6 Å². The molecule has 25 heavy (non-hydrogen) atoms. The number of carbonyl (C=O) groups excluding carboxylic acids is 2. The maximum absolute atomic E-state index is 12.0. The molecule has 0 aliphatic carbocycles. The summed E-state index contributed by atoms with van der Waals surface area (Å²) in [5.41, 5.74) is 0. The highest BCUT2D eigenvalue weighted by molar-refractivity contribution is 8.10. The van der Waals surface area contributed by atoms with Crippen LogP contribution in [0.5, 0.6) is 0 Å². The standard InChI is InChI=1S/C12H16O11S2/c1-12(2)20-6-7(23-12)5-8(13)9(14)10(15)11-24(16,17)21-3-4-22-25(11,18)19/h7,15H,3-6H2,1-2H3. The van der Waals surface area contributed by atoms with Gasteiger partial charge in [0.05, 0.1) is 25.9 Å². The average Bonchev–Trinajstić information content (AvgIpc) is 2.75.